The Bertz CT molecular complexity index is 625. The summed E-state index contributed by atoms with van der Waals surface area (Å²) in [5, 5.41) is 2.84. The molecule has 2 heterocycles. The molecule has 1 aromatic carbocycles. The lowest BCUT2D eigenvalue weighted by molar-refractivity contribution is -0.132. The maximum absolute atomic E-state index is 12.4. The molecule has 2 aliphatic rings. The van der Waals surface area contributed by atoms with Crippen molar-refractivity contribution in [1.82, 2.24) is 4.90 Å². The number of anilines is 1. The number of carbonyl (C=O) groups excluding carboxylic acids is 2. The lowest BCUT2D eigenvalue weighted by atomic mass is 9.92. The van der Waals surface area contributed by atoms with Gasteiger partial charge in [0.15, 0.2) is 6.61 Å². The number of ether oxygens (including phenoxy) is 2. The lowest BCUT2D eigenvalue weighted by Crippen LogP contribution is -2.44. The first-order valence-electron chi connectivity index (χ1n) is 9.28. The first-order chi connectivity index (χ1) is 12.6. The van der Waals surface area contributed by atoms with E-state index in [-0.39, 0.29) is 24.3 Å². The highest BCUT2D eigenvalue weighted by atomic mass is 16.5. The number of hydrogen-bond acceptors (Lipinski definition) is 5. The van der Waals surface area contributed by atoms with E-state index in [0.717, 1.165) is 38.8 Å². The Kier molecular flexibility index (Phi) is 6.46. The Labute approximate surface area is 153 Å². The van der Waals surface area contributed by atoms with Crippen molar-refractivity contribution in [3.63, 3.8) is 0 Å². The fraction of sp³-hybridized carbons (Fsp3) is 0.579. The predicted molar refractivity (Wildman–Crippen MR) is 97.9 cm³/mol. The molecule has 26 heavy (non-hydrogen) atoms. The van der Waals surface area contributed by atoms with Gasteiger partial charge < -0.3 is 25.4 Å². The van der Waals surface area contributed by atoms with Gasteiger partial charge in [0.1, 0.15) is 5.75 Å². The van der Waals surface area contributed by atoms with Gasteiger partial charge >= 0.3 is 0 Å². The van der Waals surface area contributed by atoms with Crippen molar-refractivity contribution < 1.29 is 19.1 Å². The SMILES string of the molecule is NC(C(=O)Nc1cccc(OCC(=O)N2CCCC2)c1)C1CCOCC1. The molecular formula is C19H27N3O4. The van der Waals surface area contributed by atoms with Gasteiger partial charge in [-0.05, 0) is 43.7 Å². The first-order valence-corrected chi connectivity index (χ1v) is 9.28. The van der Waals surface area contributed by atoms with Gasteiger partial charge in [-0.2, -0.15) is 0 Å². The second-order valence-electron chi connectivity index (χ2n) is 6.87. The molecular weight excluding hydrogens is 334 g/mol. The number of benzene rings is 1. The molecule has 0 spiro atoms. The third kappa shape index (κ3) is 4.95. The summed E-state index contributed by atoms with van der Waals surface area (Å²) >= 11 is 0. The van der Waals surface area contributed by atoms with E-state index in [9.17, 15) is 9.59 Å². The fourth-order valence-corrected chi connectivity index (χ4v) is 3.38. The van der Waals surface area contributed by atoms with E-state index in [4.69, 9.17) is 15.2 Å². The van der Waals surface area contributed by atoms with Gasteiger partial charge in [0.25, 0.3) is 5.91 Å². The van der Waals surface area contributed by atoms with Crippen molar-refractivity contribution in [2.45, 2.75) is 31.7 Å². The average Bonchev–Trinajstić information content (AvgIpc) is 3.21. The molecule has 0 aliphatic carbocycles. The lowest BCUT2D eigenvalue weighted by Gasteiger charge is -2.26. The predicted octanol–water partition coefficient (Wildman–Crippen LogP) is 1.38. The molecule has 1 unspecified atom stereocenters. The van der Waals surface area contributed by atoms with Crippen LogP contribution in [0.3, 0.4) is 0 Å². The molecule has 0 saturated carbocycles. The summed E-state index contributed by atoms with van der Waals surface area (Å²) in [6.07, 6.45) is 3.72. The van der Waals surface area contributed by atoms with E-state index in [1.54, 1.807) is 24.3 Å². The summed E-state index contributed by atoms with van der Waals surface area (Å²) < 4.78 is 10.9. The summed E-state index contributed by atoms with van der Waals surface area (Å²) in [4.78, 5) is 26.3. The molecule has 2 amide bonds. The van der Waals surface area contributed by atoms with E-state index in [1.165, 1.54) is 0 Å². The highest BCUT2D eigenvalue weighted by Gasteiger charge is 2.26. The Morgan fingerprint density at radius 3 is 2.73 bits per heavy atom. The molecule has 0 bridgehead atoms. The van der Waals surface area contributed by atoms with Crippen LogP contribution < -0.4 is 15.8 Å². The summed E-state index contributed by atoms with van der Waals surface area (Å²) in [5.41, 5.74) is 6.71. The largest absolute Gasteiger partial charge is 0.484 e. The standard InChI is InChI=1S/C19H27N3O4/c20-18(14-6-10-25-11-7-14)19(24)21-15-4-3-5-16(12-15)26-13-17(23)22-8-1-2-9-22/h3-5,12,14,18H,1-2,6-11,13,20H2,(H,21,24). The van der Waals surface area contributed by atoms with Crippen molar-refractivity contribution >= 4 is 17.5 Å². The smallest absolute Gasteiger partial charge is 0.260 e. The van der Waals surface area contributed by atoms with Gasteiger partial charge in [-0.15, -0.1) is 0 Å². The van der Waals surface area contributed by atoms with Gasteiger partial charge in [0.2, 0.25) is 5.91 Å². The van der Waals surface area contributed by atoms with Crippen LogP contribution in [0.4, 0.5) is 5.69 Å². The third-order valence-electron chi connectivity index (χ3n) is 5.00. The second-order valence-corrected chi connectivity index (χ2v) is 6.87. The van der Waals surface area contributed by atoms with Crippen LogP contribution in [-0.2, 0) is 14.3 Å². The summed E-state index contributed by atoms with van der Waals surface area (Å²) in [7, 11) is 0. The van der Waals surface area contributed by atoms with Crippen LogP contribution in [0.1, 0.15) is 25.7 Å². The Morgan fingerprint density at radius 1 is 1.27 bits per heavy atom. The molecule has 2 fully saturated rings. The van der Waals surface area contributed by atoms with E-state index >= 15 is 0 Å². The highest BCUT2D eigenvalue weighted by Crippen LogP contribution is 2.21. The minimum Gasteiger partial charge on any atom is -0.484 e. The molecule has 0 radical (unpaired) electrons. The number of amides is 2. The number of carbonyl (C=O) groups is 2. The van der Waals surface area contributed by atoms with Gasteiger partial charge in [0.05, 0.1) is 6.04 Å². The monoisotopic (exact) mass is 361 g/mol. The summed E-state index contributed by atoms with van der Waals surface area (Å²) in [6.45, 7) is 2.93. The molecule has 1 atom stereocenters. The van der Waals surface area contributed by atoms with Crippen molar-refractivity contribution in [1.29, 1.82) is 0 Å². The fourth-order valence-electron chi connectivity index (χ4n) is 3.38. The van der Waals surface area contributed by atoms with Crippen molar-refractivity contribution in [2.75, 3.05) is 38.2 Å². The van der Waals surface area contributed by atoms with Gasteiger partial charge in [-0.3, -0.25) is 9.59 Å². The zero-order valence-corrected chi connectivity index (χ0v) is 15.0. The zero-order valence-electron chi connectivity index (χ0n) is 15.0. The third-order valence-corrected chi connectivity index (χ3v) is 5.00. The second kappa shape index (κ2) is 9.00. The van der Waals surface area contributed by atoms with Crippen molar-refractivity contribution in [3.8, 4) is 5.75 Å². The number of nitrogens with one attached hydrogen (secondary N) is 1. The Balaban J connectivity index is 1.51. The number of nitrogens with zero attached hydrogens (tertiary/aromatic N) is 1. The molecule has 3 N–H and O–H groups in total. The number of nitrogens with two attached hydrogens (primary N) is 1. The molecule has 142 valence electrons. The van der Waals surface area contributed by atoms with E-state index < -0.39 is 6.04 Å². The normalized spacial score (nSPS) is 19.2. The summed E-state index contributed by atoms with van der Waals surface area (Å²) in [6, 6.07) is 6.49. The average molecular weight is 361 g/mol. The van der Waals surface area contributed by atoms with Gasteiger partial charge in [-0.25, -0.2) is 0 Å². The van der Waals surface area contributed by atoms with Crippen LogP contribution >= 0.6 is 0 Å². The van der Waals surface area contributed by atoms with Gasteiger partial charge in [0, 0.05) is 38.1 Å². The van der Waals surface area contributed by atoms with E-state index in [1.807, 2.05) is 4.90 Å². The molecule has 3 rings (SSSR count). The number of hydrogen-bond donors (Lipinski definition) is 2. The molecule has 7 nitrogen and oxygen atoms in total. The molecule has 2 aliphatic heterocycles. The topological polar surface area (TPSA) is 93.9 Å². The molecule has 7 heteroatoms. The van der Waals surface area contributed by atoms with Crippen molar-refractivity contribution in [2.24, 2.45) is 11.7 Å². The summed E-state index contributed by atoms with van der Waals surface area (Å²) in [5.74, 6) is 0.483. The van der Waals surface area contributed by atoms with E-state index in [2.05, 4.69) is 5.32 Å². The first kappa shape index (κ1) is 18.7. The van der Waals surface area contributed by atoms with Crippen molar-refractivity contribution in [3.05, 3.63) is 24.3 Å². The van der Waals surface area contributed by atoms with Crippen LogP contribution in [0.2, 0.25) is 0 Å². The minimum atomic E-state index is -0.555. The van der Waals surface area contributed by atoms with Crippen LogP contribution in [0.5, 0.6) is 5.75 Å². The number of rotatable bonds is 6. The van der Waals surface area contributed by atoms with Crippen LogP contribution in [0.15, 0.2) is 24.3 Å². The molecule has 1 aromatic rings. The van der Waals surface area contributed by atoms with E-state index in [0.29, 0.717) is 24.7 Å². The minimum absolute atomic E-state index is 0.00141. The quantitative estimate of drug-likeness (QED) is 0.798. The Hall–Kier alpha value is -2.12. The molecule has 0 aromatic heterocycles. The maximum atomic E-state index is 12.4. The highest BCUT2D eigenvalue weighted by molar-refractivity contribution is 5.95. The van der Waals surface area contributed by atoms with Crippen LogP contribution in [0.25, 0.3) is 0 Å². The van der Waals surface area contributed by atoms with Crippen LogP contribution in [0, 0.1) is 5.92 Å². The maximum Gasteiger partial charge on any atom is 0.260 e. The molecule has 2 saturated heterocycles. The Morgan fingerprint density at radius 2 is 2.00 bits per heavy atom. The zero-order chi connectivity index (χ0) is 18.4. The number of likely N-dealkylation sites (tertiary alicyclic amines) is 1. The van der Waals surface area contributed by atoms with Gasteiger partial charge in [-0.1, -0.05) is 6.07 Å². The van der Waals surface area contributed by atoms with Crippen LogP contribution in [-0.4, -0.2) is 55.7 Å².